The van der Waals surface area contributed by atoms with E-state index in [2.05, 4.69) is 11.8 Å². The van der Waals surface area contributed by atoms with Crippen LogP contribution in [0.3, 0.4) is 0 Å². The maximum absolute atomic E-state index is 13.7. The second-order valence-electron chi connectivity index (χ2n) is 4.30. The van der Waals surface area contributed by atoms with Crippen LogP contribution < -0.4 is 4.90 Å². The summed E-state index contributed by atoms with van der Waals surface area (Å²) in [7, 11) is 0. The first-order valence-electron chi connectivity index (χ1n) is 5.80. The minimum absolute atomic E-state index is 0.116. The van der Waals surface area contributed by atoms with Gasteiger partial charge in [-0.3, -0.25) is 14.5 Å². The van der Waals surface area contributed by atoms with Crippen molar-refractivity contribution >= 4 is 17.5 Å². The van der Waals surface area contributed by atoms with Crippen LogP contribution >= 0.6 is 0 Å². The summed E-state index contributed by atoms with van der Waals surface area (Å²) < 4.78 is 13.7. The smallest absolute Gasteiger partial charge is 0.237 e. The number of nitrogens with zero attached hydrogens (tertiary/aromatic N) is 1. The topological polar surface area (TPSA) is 57.6 Å². The van der Waals surface area contributed by atoms with Crippen molar-refractivity contribution in [3.63, 3.8) is 0 Å². The normalized spacial score (nSPS) is 18.5. The van der Waals surface area contributed by atoms with Crippen molar-refractivity contribution in [2.45, 2.75) is 13.3 Å². The molecule has 1 unspecified atom stereocenters. The fourth-order valence-corrected chi connectivity index (χ4v) is 1.93. The average molecular weight is 261 g/mol. The van der Waals surface area contributed by atoms with E-state index in [0.717, 1.165) is 11.0 Å². The van der Waals surface area contributed by atoms with Gasteiger partial charge in [-0.1, -0.05) is 18.8 Å². The Balaban J connectivity index is 2.35. The molecular formula is C14H12FNO3. The second kappa shape index (κ2) is 5.21. The minimum atomic E-state index is -0.626. The highest BCUT2D eigenvalue weighted by Gasteiger charge is 2.36. The van der Waals surface area contributed by atoms with E-state index >= 15 is 0 Å². The Bertz CT molecular complexity index is 600. The summed E-state index contributed by atoms with van der Waals surface area (Å²) in [5, 5.41) is 8.55. The Morgan fingerprint density at radius 3 is 2.74 bits per heavy atom. The van der Waals surface area contributed by atoms with Crippen LogP contribution in [0.25, 0.3) is 0 Å². The molecule has 2 amide bonds. The lowest BCUT2D eigenvalue weighted by Gasteiger charge is -2.14. The molecule has 2 rings (SSSR count). The molecule has 0 bridgehead atoms. The molecule has 0 saturated carbocycles. The lowest BCUT2D eigenvalue weighted by Crippen LogP contribution is -2.30. The lowest BCUT2D eigenvalue weighted by atomic mass is 10.1. The fraction of sp³-hybridized carbons (Fsp3) is 0.286. The van der Waals surface area contributed by atoms with Gasteiger partial charge in [0.1, 0.15) is 12.4 Å². The number of anilines is 1. The molecule has 0 spiro atoms. The summed E-state index contributed by atoms with van der Waals surface area (Å²) in [5.74, 6) is 3.14. The van der Waals surface area contributed by atoms with Crippen LogP contribution in [0.15, 0.2) is 18.2 Å². The number of hydrogen-bond donors (Lipinski definition) is 1. The number of halogens is 1. The Kier molecular flexibility index (Phi) is 3.63. The van der Waals surface area contributed by atoms with Crippen molar-refractivity contribution in [1.82, 2.24) is 0 Å². The first-order valence-corrected chi connectivity index (χ1v) is 5.80. The standard InChI is InChI=1S/C14H12FNO3/c1-9-7-13(18)16(14(9)19)11-5-4-10(3-2-6-17)12(15)8-11/h4-5,8-9,17H,6-7H2,1H3. The van der Waals surface area contributed by atoms with Crippen molar-refractivity contribution in [2.24, 2.45) is 5.92 Å². The Labute approximate surface area is 109 Å². The molecule has 1 aromatic rings. The number of rotatable bonds is 1. The van der Waals surface area contributed by atoms with Crippen molar-refractivity contribution in [2.75, 3.05) is 11.5 Å². The largest absolute Gasteiger partial charge is 0.384 e. The van der Waals surface area contributed by atoms with Crippen LogP contribution in [0.4, 0.5) is 10.1 Å². The van der Waals surface area contributed by atoms with Crippen LogP contribution in [-0.4, -0.2) is 23.5 Å². The number of benzene rings is 1. The molecule has 1 N–H and O–H groups in total. The lowest BCUT2D eigenvalue weighted by molar-refractivity contribution is -0.122. The summed E-state index contributed by atoms with van der Waals surface area (Å²) in [6.07, 6.45) is 0.145. The van der Waals surface area contributed by atoms with Crippen molar-refractivity contribution in [3.8, 4) is 11.8 Å². The van der Waals surface area contributed by atoms with Gasteiger partial charge in [0.2, 0.25) is 11.8 Å². The molecule has 98 valence electrons. The molecule has 5 heteroatoms. The van der Waals surface area contributed by atoms with Crippen molar-refractivity contribution in [3.05, 3.63) is 29.6 Å². The Morgan fingerprint density at radius 1 is 1.47 bits per heavy atom. The summed E-state index contributed by atoms with van der Waals surface area (Å²) >= 11 is 0. The minimum Gasteiger partial charge on any atom is -0.384 e. The third-order valence-electron chi connectivity index (χ3n) is 2.89. The van der Waals surface area contributed by atoms with E-state index in [-0.39, 0.29) is 42.0 Å². The number of hydrogen-bond acceptors (Lipinski definition) is 3. The monoisotopic (exact) mass is 261 g/mol. The van der Waals surface area contributed by atoms with Crippen LogP contribution in [0.1, 0.15) is 18.9 Å². The molecule has 19 heavy (non-hydrogen) atoms. The van der Waals surface area contributed by atoms with Gasteiger partial charge in [-0.2, -0.15) is 0 Å². The maximum Gasteiger partial charge on any atom is 0.237 e. The summed E-state index contributed by atoms with van der Waals surface area (Å²) in [6.45, 7) is 1.31. The molecular weight excluding hydrogens is 249 g/mol. The molecule has 0 aromatic heterocycles. The number of aliphatic hydroxyl groups is 1. The summed E-state index contributed by atoms with van der Waals surface area (Å²) in [6, 6.07) is 3.96. The molecule has 1 atom stereocenters. The van der Waals surface area contributed by atoms with Gasteiger partial charge in [0, 0.05) is 12.3 Å². The van der Waals surface area contributed by atoms with Crippen LogP contribution in [0, 0.1) is 23.6 Å². The number of imide groups is 1. The van der Waals surface area contributed by atoms with Gasteiger partial charge >= 0.3 is 0 Å². The molecule has 1 aliphatic heterocycles. The Morgan fingerprint density at radius 2 is 2.21 bits per heavy atom. The first kappa shape index (κ1) is 13.2. The van der Waals surface area contributed by atoms with E-state index in [1.165, 1.54) is 12.1 Å². The van der Waals surface area contributed by atoms with E-state index < -0.39 is 5.82 Å². The Hall–Kier alpha value is -2.19. The van der Waals surface area contributed by atoms with Gasteiger partial charge in [0.05, 0.1) is 11.3 Å². The van der Waals surface area contributed by atoms with E-state index in [1.54, 1.807) is 6.92 Å². The highest BCUT2D eigenvalue weighted by molar-refractivity contribution is 6.20. The number of aliphatic hydroxyl groups excluding tert-OH is 1. The van der Waals surface area contributed by atoms with Gasteiger partial charge in [0.15, 0.2) is 0 Å². The number of carbonyl (C=O) groups excluding carboxylic acids is 2. The zero-order valence-corrected chi connectivity index (χ0v) is 10.3. The summed E-state index contributed by atoms with van der Waals surface area (Å²) in [5.41, 5.74) is 0.330. The summed E-state index contributed by atoms with van der Waals surface area (Å²) in [4.78, 5) is 24.5. The molecule has 1 aliphatic rings. The van der Waals surface area contributed by atoms with Crippen LogP contribution in [0.2, 0.25) is 0 Å². The zero-order valence-electron chi connectivity index (χ0n) is 10.3. The molecule has 1 saturated heterocycles. The third kappa shape index (κ3) is 2.49. The predicted octanol–water partition coefficient (Wildman–Crippen LogP) is 1.07. The third-order valence-corrected chi connectivity index (χ3v) is 2.89. The first-order chi connectivity index (χ1) is 9.04. The van der Waals surface area contributed by atoms with E-state index in [1.807, 2.05) is 0 Å². The van der Waals surface area contributed by atoms with E-state index in [9.17, 15) is 14.0 Å². The fourth-order valence-electron chi connectivity index (χ4n) is 1.93. The van der Waals surface area contributed by atoms with Gasteiger partial charge in [0.25, 0.3) is 0 Å². The van der Waals surface area contributed by atoms with E-state index in [0.29, 0.717) is 0 Å². The van der Waals surface area contributed by atoms with Gasteiger partial charge < -0.3 is 5.11 Å². The average Bonchev–Trinajstić information content (AvgIpc) is 2.62. The van der Waals surface area contributed by atoms with E-state index in [4.69, 9.17) is 5.11 Å². The predicted molar refractivity (Wildman–Crippen MR) is 66.6 cm³/mol. The SMILES string of the molecule is CC1CC(=O)N(c2ccc(C#CCO)c(F)c2)C1=O. The van der Waals surface area contributed by atoms with Crippen molar-refractivity contribution in [1.29, 1.82) is 0 Å². The zero-order chi connectivity index (χ0) is 14.0. The van der Waals surface area contributed by atoms with Crippen LogP contribution in [0.5, 0.6) is 0 Å². The van der Waals surface area contributed by atoms with Gasteiger partial charge in [-0.05, 0) is 18.2 Å². The molecule has 1 heterocycles. The second-order valence-corrected chi connectivity index (χ2v) is 4.30. The molecule has 1 aromatic carbocycles. The highest BCUT2D eigenvalue weighted by atomic mass is 19.1. The number of carbonyl (C=O) groups is 2. The molecule has 0 radical (unpaired) electrons. The molecule has 0 aliphatic carbocycles. The highest BCUT2D eigenvalue weighted by Crippen LogP contribution is 2.27. The molecule has 1 fully saturated rings. The quantitative estimate of drug-likeness (QED) is 0.607. The van der Waals surface area contributed by atoms with Crippen molar-refractivity contribution < 1.29 is 19.1 Å². The van der Waals surface area contributed by atoms with Gasteiger partial charge in [-0.15, -0.1) is 0 Å². The van der Waals surface area contributed by atoms with Crippen LogP contribution in [-0.2, 0) is 9.59 Å². The molecule has 4 nitrogen and oxygen atoms in total. The maximum atomic E-state index is 13.7. The van der Waals surface area contributed by atoms with Gasteiger partial charge in [-0.25, -0.2) is 4.39 Å². The number of amides is 2.